The minimum atomic E-state index is -0.131. The number of nitrogens with one attached hydrogen (secondary N) is 2. The van der Waals surface area contributed by atoms with Crippen LogP contribution in [-0.4, -0.2) is 35.6 Å². The van der Waals surface area contributed by atoms with Gasteiger partial charge < -0.3 is 15.4 Å². The smallest absolute Gasteiger partial charge is 0.270 e. The quantitative estimate of drug-likeness (QED) is 0.818. The Morgan fingerprint density at radius 3 is 2.74 bits per heavy atom. The highest BCUT2D eigenvalue weighted by Gasteiger charge is 2.24. The third kappa shape index (κ3) is 4.42. The number of amides is 1. The second-order valence-corrected chi connectivity index (χ2v) is 5.54. The van der Waals surface area contributed by atoms with Crippen LogP contribution in [0.2, 0.25) is 0 Å². The highest BCUT2D eigenvalue weighted by Crippen LogP contribution is 2.19. The summed E-state index contributed by atoms with van der Waals surface area (Å²) in [7, 11) is 1.65. The third-order valence-electron chi connectivity index (χ3n) is 3.66. The van der Waals surface area contributed by atoms with Crippen LogP contribution in [0, 0.1) is 0 Å². The van der Waals surface area contributed by atoms with Crippen LogP contribution in [0.5, 0.6) is 5.75 Å². The van der Waals surface area contributed by atoms with E-state index in [9.17, 15) is 4.79 Å². The number of nitrogens with zero attached hydrogens (tertiary/aromatic N) is 2. The number of rotatable bonds is 7. The molecule has 1 aromatic carbocycles. The van der Waals surface area contributed by atoms with E-state index in [0.717, 1.165) is 25.0 Å². The van der Waals surface area contributed by atoms with Gasteiger partial charge in [0, 0.05) is 18.8 Å². The lowest BCUT2D eigenvalue weighted by molar-refractivity contribution is 0.0946. The average molecular weight is 312 g/mol. The lowest BCUT2D eigenvalue weighted by Crippen LogP contribution is -2.26. The van der Waals surface area contributed by atoms with E-state index in [2.05, 4.69) is 20.6 Å². The molecule has 120 valence electrons. The molecular weight excluding hydrogens is 292 g/mol. The summed E-state index contributed by atoms with van der Waals surface area (Å²) in [5, 5.41) is 6.07. The Labute approximate surface area is 135 Å². The number of benzene rings is 1. The highest BCUT2D eigenvalue weighted by atomic mass is 16.5. The first-order chi connectivity index (χ1) is 11.2. The summed E-state index contributed by atoms with van der Waals surface area (Å²) in [6.07, 6.45) is 4.56. The lowest BCUT2D eigenvalue weighted by atomic mass is 10.1. The van der Waals surface area contributed by atoms with Crippen LogP contribution in [0.3, 0.4) is 0 Å². The number of methoxy groups -OCH3 is 1. The van der Waals surface area contributed by atoms with Crippen LogP contribution < -0.4 is 15.4 Å². The summed E-state index contributed by atoms with van der Waals surface area (Å²) >= 11 is 0. The van der Waals surface area contributed by atoms with Gasteiger partial charge in [0.05, 0.1) is 7.11 Å². The van der Waals surface area contributed by atoms with Crippen LogP contribution in [0.4, 0.5) is 5.95 Å². The van der Waals surface area contributed by atoms with E-state index in [0.29, 0.717) is 24.2 Å². The minimum absolute atomic E-state index is 0.131. The lowest BCUT2D eigenvalue weighted by Gasteiger charge is -2.07. The molecule has 3 rings (SSSR count). The molecule has 6 nitrogen and oxygen atoms in total. The zero-order valence-electron chi connectivity index (χ0n) is 13.1. The van der Waals surface area contributed by atoms with Crippen molar-refractivity contribution in [2.24, 2.45) is 0 Å². The molecule has 1 fully saturated rings. The van der Waals surface area contributed by atoms with Crippen molar-refractivity contribution in [2.45, 2.75) is 25.3 Å². The monoisotopic (exact) mass is 312 g/mol. The maximum atomic E-state index is 12.0. The molecule has 0 bridgehead atoms. The first-order valence-electron chi connectivity index (χ1n) is 7.75. The highest BCUT2D eigenvalue weighted by molar-refractivity contribution is 5.92. The van der Waals surface area contributed by atoms with E-state index in [-0.39, 0.29) is 5.91 Å². The Morgan fingerprint density at radius 1 is 1.26 bits per heavy atom. The maximum absolute atomic E-state index is 12.0. The van der Waals surface area contributed by atoms with Crippen molar-refractivity contribution in [3.05, 3.63) is 47.8 Å². The first kappa shape index (κ1) is 15.3. The number of carbonyl (C=O) groups is 1. The maximum Gasteiger partial charge on any atom is 0.270 e. The van der Waals surface area contributed by atoms with Gasteiger partial charge in [-0.3, -0.25) is 4.79 Å². The Balaban J connectivity index is 1.52. The van der Waals surface area contributed by atoms with Crippen molar-refractivity contribution in [1.82, 2.24) is 15.3 Å². The number of ether oxygens (including phenoxy) is 1. The molecule has 6 heteroatoms. The molecule has 2 N–H and O–H groups in total. The van der Waals surface area contributed by atoms with Crippen molar-refractivity contribution in [3.63, 3.8) is 0 Å². The first-order valence-corrected chi connectivity index (χ1v) is 7.75. The topological polar surface area (TPSA) is 76.1 Å². The molecule has 0 aliphatic heterocycles. The van der Waals surface area contributed by atoms with Crippen molar-refractivity contribution in [1.29, 1.82) is 0 Å². The van der Waals surface area contributed by atoms with Gasteiger partial charge in [-0.1, -0.05) is 12.1 Å². The average Bonchev–Trinajstić information content (AvgIpc) is 3.40. The zero-order valence-corrected chi connectivity index (χ0v) is 13.1. The van der Waals surface area contributed by atoms with E-state index in [4.69, 9.17) is 4.74 Å². The number of hydrogen-bond acceptors (Lipinski definition) is 5. The van der Waals surface area contributed by atoms with E-state index >= 15 is 0 Å². The van der Waals surface area contributed by atoms with Crippen LogP contribution in [-0.2, 0) is 6.42 Å². The van der Waals surface area contributed by atoms with Crippen molar-refractivity contribution in [3.8, 4) is 5.75 Å². The molecule has 23 heavy (non-hydrogen) atoms. The van der Waals surface area contributed by atoms with Gasteiger partial charge >= 0.3 is 0 Å². The van der Waals surface area contributed by atoms with Crippen molar-refractivity contribution >= 4 is 11.9 Å². The Hall–Kier alpha value is -2.63. The SMILES string of the molecule is COc1ccc(CCNc2nccc(C(=O)NC3CC3)n2)cc1. The van der Waals surface area contributed by atoms with Gasteiger partial charge in [0.2, 0.25) is 5.95 Å². The molecule has 0 saturated heterocycles. The molecule has 0 unspecified atom stereocenters. The third-order valence-corrected chi connectivity index (χ3v) is 3.66. The molecular formula is C17H20N4O2. The van der Waals surface area contributed by atoms with Crippen LogP contribution >= 0.6 is 0 Å². The molecule has 1 heterocycles. The van der Waals surface area contributed by atoms with Gasteiger partial charge in [0.15, 0.2) is 0 Å². The molecule has 2 aromatic rings. The van der Waals surface area contributed by atoms with E-state index < -0.39 is 0 Å². The second-order valence-electron chi connectivity index (χ2n) is 5.54. The summed E-state index contributed by atoms with van der Waals surface area (Å²) in [5.74, 6) is 1.19. The number of anilines is 1. The van der Waals surface area contributed by atoms with Gasteiger partial charge in [-0.15, -0.1) is 0 Å². The molecule has 1 aliphatic carbocycles. The minimum Gasteiger partial charge on any atom is -0.497 e. The van der Waals surface area contributed by atoms with E-state index in [1.54, 1.807) is 19.4 Å². The summed E-state index contributed by atoms with van der Waals surface area (Å²) in [4.78, 5) is 20.4. The molecule has 1 aromatic heterocycles. The fourth-order valence-electron chi connectivity index (χ4n) is 2.17. The molecule has 1 saturated carbocycles. The van der Waals surface area contributed by atoms with Gasteiger partial charge in [-0.05, 0) is 43.0 Å². The number of aromatic nitrogens is 2. The molecule has 1 amide bonds. The van der Waals surface area contributed by atoms with Crippen LogP contribution in [0.1, 0.15) is 28.9 Å². The fourth-order valence-corrected chi connectivity index (χ4v) is 2.17. The van der Waals surface area contributed by atoms with Crippen LogP contribution in [0.25, 0.3) is 0 Å². The Morgan fingerprint density at radius 2 is 2.04 bits per heavy atom. The molecule has 0 radical (unpaired) electrons. The number of hydrogen-bond donors (Lipinski definition) is 2. The molecule has 1 aliphatic rings. The summed E-state index contributed by atoms with van der Waals surface area (Å²) in [6, 6.07) is 9.89. The predicted molar refractivity (Wildman–Crippen MR) is 87.7 cm³/mol. The van der Waals surface area contributed by atoms with Gasteiger partial charge in [0.25, 0.3) is 5.91 Å². The van der Waals surface area contributed by atoms with Gasteiger partial charge in [-0.25, -0.2) is 9.97 Å². The largest absolute Gasteiger partial charge is 0.497 e. The van der Waals surface area contributed by atoms with Crippen molar-refractivity contribution in [2.75, 3.05) is 19.0 Å². The molecule has 0 atom stereocenters. The summed E-state index contributed by atoms with van der Waals surface area (Å²) in [6.45, 7) is 0.694. The van der Waals surface area contributed by atoms with Gasteiger partial charge in [-0.2, -0.15) is 0 Å². The fraction of sp³-hybridized carbons (Fsp3) is 0.353. The Kier molecular flexibility index (Phi) is 4.71. The van der Waals surface area contributed by atoms with Crippen molar-refractivity contribution < 1.29 is 9.53 Å². The Bertz CT molecular complexity index is 669. The molecule has 0 spiro atoms. The van der Waals surface area contributed by atoms with E-state index in [1.807, 2.05) is 24.3 Å². The van der Waals surface area contributed by atoms with E-state index in [1.165, 1.54) is 5.56 Å². The zero-order chi connectivity index (χ0) is 16.1. The predicted octanol–water partition coefficient (Wildman–Crippen LogP) is 2.03. The second kappa shape index (κ2) is 7.09. The van der Waals surface area contributed by atoms with Crippen LogP contribution in [0.15, 0.2) is 36.5 Å². The number of carbonyl (C=O) groups excluding carboxylic acids is 1. The standard InChI is InChI=1S/C17H20N4O2/c1-23-14-6-2-12(3-7-14)8-10-18-17-19-11-9-15(21-17)16(22)20-13-4-5-13/h2-3,6-7,9,11,13H,4-5,8,10H2,1H3,(H,20,22)(H,18,19,21). The normalized spacial score (nSPS) is 13.4. The van der Waals surface area contributed by atoms with Gasteiger partial charge in [0.1, 0.15) is 11.4 Å². The summed E-state index contributed by atoms with van der Waals surface area (Å²) < 4.78 is 5.14. The summed E-state index contributed by atoms with van der Waals surface area (Å²) in [5.41, 5.74) is 1.60.